The van der Waals surface area contributed by atoms with E-state index >= 15 is 0 Å². The van der Waals surface area contributed by atoms with Crippen molar-refractivity contribution in [2.24, 2.45) is 0 Å². The molecule has 0 amide bonds. The van der Waals surface area contributed by atoms with Crippen molar-refractivity contribution in [1.82, 2.24) is 14.5 Å². The minimum atomic E-state index is -0.0193. The highest BCUT2D eigenvalue weighted by Crippen LogP contribution is 2.33. The maximum atomic E-state index is 12.2. The summed E-state index contributed by atoms with van der Waals surface area (Å²) in [5.41, 5.74) is -0.0193. The van der Waals surface area contributed by atoms with Gasteiger partial charge in [0.15, 0.2) is 5.82 Å². The Morgan fingerprint density at radius 3 is 3.11 bits per heavy atom. The molecule has 1 unspecified atom stereocenters. The number of hydrogen-bond donors (Lipinski definition) is 1. The Labute approximate surface area is 112 Å². The molecule has 19 heavy (non-hydrogen) atoms. The molecule has 1 aliphatic carbocycles. The van der Waals surface area contributed by atoms with Gasteiger partial charge >= 0.3 is 0 Å². The monoisotopic (exact) mass is 264 g/mol. The van der Waals surface area contributed by atoms with Gasteiger partial charge < -0.3 is 19.5 Å². The van der Waals surface area contributed by atoms with E-state index < -0.39 is 0 Å². The van der Waals surface area contributed by atoms with Crippen LogP contribution in [-0.2, 0) is 4.74 Å². The molecule has 0 bridgehead atoms. The van der Waals surface area contributed by atoms with E-state index in [1.54, 1.807) is 17.0 Å². The maximum Gasteiger partial charge on any atom is 0.293 e. The lowest BCUT2D eigenvalue weighted by Crippen LogP contribution is -2.43. The first-order valence-corrected chi connectivity index (χ1v) is 6.85. The average Bonchev–Trinajstić information content (AvgIpc) is 3.22. The number of morpholine rings is 1. The number of ether oxygens (including phenoxy) is 1. The van der Waals surface area contributed by atoms with Crippen molar-refractivity contribution in [3.05, 3.63) is 22.7 Å². The second kappa shape index (κ2) is 5.30. The molecular formula is C13H20N4O2. The predicted molar refractivity (Wildman–Crippen MR) is 72.5 cm³/mol. The minimum Gasteiger partial charge on any atom is -0.374 e. The SMILES string of the molecule is CN1CCOC(CNc2nccn(C3CC3)c2=O)C1. The summed E-state index contributed by atoms with van der Waals surface area (Å²) in [6, 6.07) is 0.383. The van der Waals surface area contributed by atoms with Crippen LogP contribution in [0.5, 0.6) is 0 Å². The van der Waals surface area contributed by atoms with Crippen LogP contribution in [0.25, 0.3) is 0 Å². The van der Waals surface area contributed by atoms with Gasteiger partial charge in [0, 0.05) is 38.1 Å². The Hall–Kier alpha value is -1.40. The van der Waals surface area contributed by atoms with Crippen LogP contribution in [-0.4, -0.2) is 53.8 Å². The van der Waals surface area contributed by atoms with Crippen LogP contribution >= 0.6 is 0 Å². The Bertz CT molecular complexity index is 498. The summed E-state index contributed by atoms with van der Waals surface area (Å²) in [6.07, 6.45) is 5.78. The number of nitrogens with zero attached hydrogens (tertiary/aromatic N) is 3. The Morgan fingerprint density at radius 1 is 1.53 bits per heavy atom. The van der Waals surface area contributed by atoms with Crippen LogP contribution in [0.15, 0.2) is 17.2 Å². The molecule has 1 atom stereocenters. The molecule has 1 saturated heterocycles. The minimum absolute atomic E-state index is 0.0193. The van der Waals surface area contributed by atoms with Crippen molar-refractivity contribution < 1.29 is 4.74 Å². The van der Waals surface area contributed by atoms with E-state index in [0.29, 0.717) is 18.4 Å². The zero-order valence-corrected chi connectivity index (χ0v) is 11.2. The quantitative estimate of drug-likeness (QED) is 0.849. The number of likely N-dealkylation sites (N-methyl/N-ethyl adjacent to an activating group) is 1. The van der Waals surface area contributed by atoms with Gasteiger partial charge in [-0.2, -0.15) is 0 Å². The van der Waals surface area contributed by atoms with Crippen molar-refractivity contribution in [2.75, 3.05) is 38.6 Å². The van der Waals surface area contributed by atoms with Crippen LogP contribution in [0.3, 0.4) is 0 Å². The Balaban J connectivity index is 1.63. The molecule has 0 aromatic carbocycles. The molecule has 0 radical (unpaired) electrons. The number of nitrogens with one attached hydrogen (secondary N) is 1. The molecule has 1 saturated carbocycles. The van der Waals surface area contributed by atoms with E-state index in [2.05, 4.69) is 22.2 Å². The number of anilines is 1. The number of hydrogen-bond acceptors (Lipinski definition) is 5. The molecule has 2 fully saturated rings. The van der Waals surface area contributed by atoms with Gasteiger partial charge in [0.05, 0.1) is 12.7 Å². The molecule has 2 heterocycles. The molecule has 6 nitrogen and oxygen atoms in total. The molecule has 104 valence electrons. The van der Waals surface area contributed by atoms with E-state index in [0.717, 1.165) is 32.5 Å². The first kappa shape index (κ1) is 12.6. The second-order valence-corrected chi connectivity index (χ2v) is 5.36. The van der Waals surface area contributed by atoms with Gasteiger partial charge in [-0.15, -0.1) is 0 Å². The fourth-order valence-electron chi connectivity index (χ4n) is 2.39. The highest BCUT2D eigenvalue weighted by atomic mass is 16.5. The van der Waals surface area contributed by atoms with Crippen LogP contribution < -0.4 is 10.9 Å². The molecule has 2 aliphatic rings. The van der Waals surface area contributed by atoms with Crippen LogP contribution in [0, 0.1) is 0 Å². The van der Waals surface area contributed by atoms with E-state index in [4.69, 9.17) is 4.74 Å². The molecule has 0 spiro atoms. The summed E-state index contributed by atoms with van der Waals surface area (Å²) in [5.74, 6) is 0.436. The summed E-state index contributed by atoms with van der Waals surface area (Å²) in [7, 11) is 2.08. The fourth-order valence-corrected chi connectivity index (χ4v) is 2.39. The molecular weight excluding hydrogens is 244 g/mol. The third kappa shape index (κ3) is 2.96. The first-order chi connectivity index (χ1) is 9.24. The molecule has 1 aromatic rings. The van der Waals surface area contributed by atoms with Crippen LogP contribution in [0.4, 0.5) is 5.82 Å². The molecule has 6 heteroatoms. The Morgan fingerprint density at radius 2 is 2.37 bits per heavy atom. The van der Waals surface area contributed by atoms with Gasteiger partial charge in [-0.1, -0.05) is 0 Å². The lowest BCUT2D eigenvalue weighted by molar-refractivity contribution is -0.0117. The summed E-state index contributed by atoms with van der Waals surface area (Å²) >= 11 is 0. The lowest BCUT2D eigenvalue weighted by atomic mass is 10.3. The smallest absolute Gasteiger partial charge is 0.293 e. The van der Waals surface area contributed by atoms with Gasteiger partial charge in [-0.25, -0.2) is 4.98 Å². The van der Waals surface area contributed by atoms with Gasteiger partial charge in [-0.3, -0.25) is 4.79 Å². The zero-order valence-electron chi connectivity index (χ0n) is 11.2. The van der Waals surface area contributed by atoms with Crippen molar-refractivity contribution >= 4 is 5.82 Å². The fraction of sp³-hybridized carbons (Fsp3) is 0.692. The molecule has 1 N–H and O–H groups in total. The number of rotatable bonds is 4. The van der Waals surface area contributed by atoms with Gasteiger partial charge in [0.25, 0.3) is 5.56 Å². The van der Waals surface area contributed by atoms with E-state index in [-0.39, 0.29) is 11.7 Å². The maximum absolute atomic E-state index is 12.2. The van der Waals surface area contributed by atoms with Crippen LogP contribution in [0.1, 0.15) is 18.9 Å². The number of aromatic nitrogens is 2. The van der Waals surface area contributed by atoms with Gasteiger partial charge in [0.2, 0.25) is 0 Å². The first-order valence-electron chi connectivity index (χ1n) is 6.85. The van der Waals surface area contributed by atoms with Crippen molar-refractivity contribution in [2.45, 2.75) is 25.0 Å². The van der Waals surface area contributed by atoms with Crippen molar-refractivity contribution in [3.63, 3.8) is 0 Å². The summed E-state index contributed by atoms with van der Waals surface area (Å²) in [6.45, 7) is 3.23. The largest absolute Gasteiger partial charge is 0.374 e. The molecule has 3 rings (SSSR count). The predicted octanol–water partition coefficient (Wildman–Crippen LogP) is 0.321. The van der Waals surface area contributed by atoms with Gasteiger partial charge in [0.1, 0.15) is 0 Å². The highest BCUT2D eigenvalue weighted by molar-refractivity contribution is 5.31. The third-order valence-corrected chi connectivity index (χ3v) is 3.65. The highest BCUT2D eigenvalue weighted by Gasteiger charge is 2.25. The Kier molecular flexibility index (Phi) is 3.52. The lowest BCUT2D eigenvalue weighted by Gasteiger charge is -2.30. The second-order valence-electron chi connectivity index (χ2n) is 5.36. The van der Waals surface area contributed by atoms with E-state index in [9.17, 15) is 4.79 Å². The van der Waals surface area contributed by atoms with Crippen LogP contribution in [0.2, 0.25) is 0 Å². The van der Waals surface area contributed by atoms with Crippen molar-refractivity contribution in [1.29, 1.82) is 0 Å². The van der Waals surface area contributed by atoms with E-state index in [1.165, 1.54) is 0 Å². The topological polar surface area (TPSA) is 59.4 Å². The summed E-state index contributed by atoms with van der Waals surface area (Å²) < 4.78 is 7.44. The molecule has 1 aromatic heterocycles. The average molecular weight is 264 g/mol. The summed E-state index contributed by atoms with van der Waals surface area (Å²) in [4.78, 5) is 18.5. The summed E-state index contributed by atoms with van der Waals surface area (Å²) in [5, 5.41) is 3.13. The van der Waals surface area contributed by atoms with E-state index in [1.807, 2.05) is 0 Å². The normalized spacial score (nSPS) is 24.4. The molecule has 1 aliphatic heterocycles. The third-order valence-electron chi connectivity index (χ3n) is 3.65. The standard InChI is InChI=1S/C13H20N4O2/c1-16-6-7-19-11(9-16)8-15-12-13(18)17(5-4-14-12)10-2-3-10/h4-5,10-11H,2-3,6-9H2,1H3,(H,14,15). The van der Waals surface area contributed by atoms with Crippen molar-refractivity contribution in [3.8, 4) is 0 Å². The zero-order chi connectivity index (χ0) is 13.2. The van der Waals surface area contributed by atoms with Gasteiger partial charge in [-0.05, 0) is 19.9 Å².